The first-order chi connectivity index (χ1) is 9.02. The predicted octanol–water partition coefficient (Wildman–Crippen LogP) is 5.07. The monoisotopic (exact) mass is 318 g/mol. The Morgan fingerprint density at radius 1 is 1.37 bits per heavy atom. The summed E-state index contributed by atoms with van der Waals surface area (Å²) in [7, 11) is 0. The van der Waals surface area contributed by atoms with Crippen LogP contribution >= 0.6 is 34.5 Å². The van der Waals surface area contributed by atoms with E-state index in [1.54, 1.807) is 6.07 Å². The summed E-state index contributed by atoms with van der Waals surface area (Å²) in [5.74, 6) is 1.05. The molecule has 0 spiro atoms. The van der Waals surface area contributed by atoms with Crippen molar-refractivity contribution in [2.45, 2.75) is 20.8 Å². The van der Waals surface area contributed by atoms with Gasteiger partial charge in [0.25, 0.3) is 0 Å². The summed E-state index contributed by atoms with van der Waals surface area (Å²) >= 11 is 13.9. The largest absolute Gasteiger partial charge is 0.489 e. The lowest BCUT2D eigenvalue weighted by atomic mass is 10.2. The Bertz CT molecular complexity index is 584. The van der Waals surface area contributed by atoms with Gasteiger partial charge in [0.15, 0.2) is 10.9 Å². The van der Waals surface area contributed by atoms with Crippen LogP contribution in [-0.4, -0.2) is 18.1 Å². The van der Waals surface area contributed by atoms with Crippen LogP contribution in [0.15, 0.2) is 6.07 Å². The van der Waals surface area contributed by atoms with E-state index in [1.165, 1.54) is 11.3 Å². The van der Waals surface area contributed by atoms with Crippen LogP contribution in [0.1, 0.15) is 20.8 Å². The molecule has 104 valence electrons. The van der Waals surface area contributed by atoms with Gasteiger partial charge in [0.05, 0.1) is 21.4 Å². The molecular formula is C13H16Cl2N2OS. The molecule has 0 bridgehead atoms. The van der Waals surface area contributed by atoms with Crippen molar-refractivity contribution < 1.29 is 4.74 Å². The van der Waals surface area contributed by atoms with Gasteiger partial charge in [0.1, 0.15) is 5.52 Å². The van der Waals surface area contributed by atoms with Crippen LogP contribution in [0.3, 0.4) is 0 Å². The van der Waals surface area contributed by atoms with Gasteiger partial charge < -0.3 is 10.1 Å². The van der Waals surface area contributed by atoms with E-state index in [4.69, 9.17) is 27.9 Å². The second kappa shape index (κ2) is 6.16. The standard InChI is InChI=1S/C13H16Cl2N2OS/c1-4-16-13-17-10-11(18-6-7(2)3)8(14)5-9(15)12(10)19-13/h5,7H,4,6H2,1-3H3,(H,16,17). The maximum atomic E-state index is 6.21. The summed E-state index contributed by atoms with van der Waals surface area (Å²) in [6.07, 6.45) is 0. The molecule has 0 saturated heterocycles. The minimum Gasteiger partial charge on any atom is -0.489 e. The smallest absolute Gasteiger partial charge is 0.183 e. The molecule has 19 heavy (non-hydrogen) atoms. The summed E-state index contributed by atoms with van der Waals surface area (Å²) < 4.78 is 6.69. The van der Waals surface area contributed by atoms with Gasteiger partial charge in [-0.2, -0.15) is 0 Å². The third-order valence-corrected chi connectivity index (χ3v) is 4.16. The first kappa shape index (κ1) is 14.7. The van der Waals surface area contributed by atoms with Crippen molar-refractivity contribution in [1.29, 1.82) is 0 Å². The van der Waals surface area contributed by atoms with Gasteiger partial charge in [-0.15, -0.1) is 0 Å². The minimum atomic E-state index is 0.425. The second-order valence-corrected chi connectivity index (χ2v) is 6.41. The minimum absolute atomic E-state index is 0.425. The number of nitrogens with zero attached hydrogens (tertiary/aromatic N) is 1. The number of anilines is 1. The lowest BCUT2D eigenvalue weighted by Gasteiger charge is -2.11. The van der Waals surface area contributed by atoms with Crippen LogP contribution in [0, 0.1) is 5.92 Å². The van der Waals surface area contributed by atoms with Crippen molar-refractivity contribution in [3.63, 3.8) is 0 Å². The van der Waals surface area contributed by atoms with E-state index in [0.29, 0.717) is 28.3 Å². The quantitative estimate of drug-likeness (QED) is 0.835. The van der Waals surface area contributed by atoms with E-state index in [-0.39, 0.29) is 0 Å². The highest BCUT2D eigenvalue weighted by atomic mass is 35.5. The van der Waals surface area contributed by atoms with Crippen molar-refractivity contribution >= 4 is 49.9 Å². The molecule has 0 radical (unpaired) electrons. The lowest BCUT2D eigenvalue weighted by molar-refractivity contribution is 0.274. The van der Waals surface area contributed by atoms with E-state index in [0.717, 1.165) is 21.9 Å². The molecule has 1 aromatic heterocycles. The number of fused-ring (bicyclic) bond motifs is 1. The van der Waals surface area contributed by atoms with Gasteiger partial charge in [-0.3, -0.25) is 0 Å². The lowest BCUT2D eigenvalue weighted by Crippen LogP contribution is -2.05. The van der Waals surface area contributed by atoms with Crippen LogP contribution in [0.5, 0.6) is 5.75 Å². The summed E-state index contributed by atoms with van der Waals surface area (Å²) in [6, 6.07) is 1.72. The van der Waals surface area contributed by atoms with Gasteiger partial charge in [-0.1, -0.05) is 48.4 Å². The molecule has 1 N–H and O–H groups in total. The zero-order valence-electron chi connectivity index (χ0n) is 11.1. The second-order valence-electron chi connectivity index (χ2n) is 4.60. The number of aromatic nitrogens is 1. The van der Waals surface area contributed by atoms with E-state index in [9.17, 15) is 0 Å². The highest BCUT2D eigenvalue weighted by molar-refractivity contribution is 7.22. The number of hydrogen-bond acceptors (Lipinski definition) is 4. The van der Waals surface area contributed by atoms with E-state index < -0.39 is 0 Å². The first-order valence-electron chi connectivity index (χ1n) is 6.18. The molecule has 2 rings (SSSR count). The van der Waals surface area contributed by atoms with Gasteiger partial charge in [-0.25, -0.2) is 4.98 Å². The Morgan fingerprint density at radius 2 is 2.11 bits per heavy atom. The molecule has 1 heterocycles. The third kappa shape index (κ3) is 3.25. The normalized spacial score (nSPS) is 11.3. The molecule has 3 nitrogen and oxygen atoms in total. The summed E-state index contributed by atoms with van der Waals surface area (Å²) in [5.41, 5.74) is 0.735. The molecule has 1 aromatic carbocycles. The molecular weight excluding hydrogens is 303 g/mol. The molecule has 0 unspecified atom stereocenters. The molecule has 0 aliphatic heterocycles. The molecule has 0 atom stereocenters. The van der Waals surface area contributed by atoms with Crippen molar-refractivity contribution in [3.05, 3.63) is 16.1 Å². The van der Waals surface area contributed by atoms with Gasteiger partial charge in [-0.05, 0) is 18.9 Å². The molecule has 2 aromatic rings. The zero-order valence-corrected chi connectivity index (χ0v) is 13.4. The van der Waals surface area contributed by atoms with E-state index in [2.05, 4.69) is 24.1 Å². The molecule has 0 aliphatic rings. The molecule has 0 saturated carbocycles. The Kier molecular flexibility index (Phi) is 4.76. The van der Waals surface area contributed by atoms with Crippen molar-refractivity contribution in [1.82, 2.24) is 4.98 Å². The third-order valence-electron chi connectivity index (χ3n) is 2.42. The molecule has 0 fully saturated rings. The number of rotatable bonds is 5. The number of hydrogen-bond donors (Lipinski definition) is 1. The highest BCUT2D eigenvalue weighted by Gasteiger charge is 2.16. The molecule has 0 aliphatic carbocycles. The number of thiazole rings is 1. The number of halogens is 2. The summed E-state index contributed by atoms with van der Waals surface area (Å²) in [4.78, 5) is 4.52. The molecule has 6 heteroatoms. The average molecular weight is 319 g/mol. The number of benzene rings is 1. The summed E-state index contributed by atoms with van der Waals surface area (Å²) in [6.45, 7) is 7.62. The number of nitrogens with one attached hydrogen (secondary N) is 1. The zero-order chi connectivity index (χ0) is 14.0. The number of ether oxygens (including phenoxy) is 1. The summed E-state index contributed by atoms with van der Waals surface area (Å²) in [5, 5.41) is 5.13. The molecule has 0 amide bonds. The fraction of sp³-hybridized carbons (Fsp3) is 0.462. The van der Waals surface area contributed by atoms with Crippen LogP contribution in [-0.2, 0) is 0 Å². The fourth-order valence-corrected chi connectivity index (χ4v) is 3.17. The van der Waals surface area contributed by atoms with Crippen molar-refractivity contribution in [3.8, 4) is 5.75 Å². The maximum Gasteiger partial charge on any atom is 0.183 e. The van der Waals surface area contributed by atoms with Gasteiger partial charge in [0.2, 0.25) is 0 Å². The Hall–Kier alpha value is -0.710. The van der Waals surface area contributed by atoms with E-state index in [1.807, 2.05) is 6.92 Å². The maximum absolute atomic E-state index is 6.21. The van der Waals surface area contributed by atoms with Gasteiger partial charge in [0, 0.05) is 6.54 Å². The fourth-order valence-electron chi connectivity index (χ4n) is 1.61. The predicted molar refractivity (Wildman–Crippen MR) is 84.1 cm³/mol. The van der Waals surface area contributed by atoms with Crippen LogP contribution in [0.2, 0.25) is 10.0 Å². The topological polar surface area (TPSA) is 34.2 Å². The van der Waals surface area contributed by atoms with Crippen LogP contribution in [0.4, 0.5) is 5.13 Å². The highest BCUT2D eigenvalue weighted by Crippen LogP contribution is 2.42. The Balaban J connectivity index is 2.48. The van der Waals surface area contributed by atoms with Crippen molar-refractivity contribution in [2.75, 3.05) is 18.5 Å². The van der Waals surface area contributed by atoms with Crippen LogP contribution in [0.25, 0.3) is 10.2 Å². The Morgan fingerprint density at radius 3 is 2.74 bits per heavy atom. The average Bonchev–Trinajstić information content (AvgIpc) is 2.73. The van der Waals surface area contributed by atoms with Crippen LogP contribution < -0.4 is 10.1 Å². The SMILES string of the molecule is CCNc1nc2c(OCC(C)C)c(Cl)cc(Cl)c2s1. The Labute approximate surface area is 126 Å². The van der Waals surface area contributed by atoms with E-state index >= 15 is 0 Å². The first-order valence-corrected chi connectivity index (χ1v) is 7.75. The van der Waals surface area contributed by atoms with Gasteiger partial charge >= 0.3 is 0 Å². The van der Waals surface area contributed by atoms with Crippen molar-refractivity contribution in [2.24, 2.45) is 5.92 Å².